The van der Waals surface area contributed by atoms with Gasteiger partial charge in [-0.05, 0) is 37.3 Å². The van der Waals surface area contributed by atoms with Gasteiger partial charge in [-0.15, -0.1) is 0 Å². The van der Waals surface area contributed by atoms with Crippen LogP contribution >= 0.6 is 0 Å². The van der Waals surface area contributed by atoms with Crippen molar-refractivity contribution in [3.8, 4) is 6.07 Å². The molecular formula is C20H23N5O3. The summed E-state index contributed by atoms with van der Waals surface area (Å²) < 4.78 is 1.46. The molecule has 1 aliphatic carbocycles. The number of pyridine rings is 1. The molecule has 2 aliphatic rings. The minimum Gasteiger partial charge on any atom is -0.357 e. The molecular weight excluding hydrogens is 358 g/mol. The van der Waals surface area contributed by atoms with Crippen LogP contribution in [0.4, 0.5) is 0 Å². The van der Waals surface area contributed by atoms with E-state index < -0.39 is 12.1 Å². The van der Waals surface area contributed by atoms with Crippen molar-refractivity contribution in [2.75, 3.05) is 6.54 Å². The van der Waals surface area contributed by atoms with Crippen LogP contribution in [0.2, 0.25) is 0 Å². The first-order chi connectivity index (χ1) is 13.6. The second-order valence-electron chi connectivity index (χ2n) is 7.73. The number of nitrogens with one attached hydrogen (secondary N) is 3. The third kappa shape index (κ3) is 3.65. The Morgan fingerprint density at radius 2 is 2.11 bits per heavy atom. The molecule has 4 rings (SSSR count). The highest BCUT2D eigenvalue weighted by molar-refractivity contribution is 5.83. The first kappa shape index (κ1) is 18.3. The molecule has 146 valence electrons. The fourth-order valence-electron chi connectivity index (χ4n) is 3.89. The summed E-state index contributed by atoms with van der Waals surface area (Å²) in [5.41, 5.74) is 0.225. The fourth-order valence-corrected chi connectivity index (χ4v) is 3.89. The lowest BCUT2D eigenvalue weighted by Gasteiger charge is -2.22. The molecule has 28 heavy (non-hydrogen) atoms. The molecule has 1 aliphatic heterocycles. The second-order valence-corrected chi connectivity index (χ2v) is 7.73. The van der Waals surface area contributed by atoms with Gasteiger partial charge in [0.25, 0.3) is 5.56 Å². The average molecular weight is 381 g/mol. The van der Waals surface area contributed by atoms with Gasteiger partial charge in [-0.3, -0.25) is 14.4 Å². The van der Waals surface area contributed by atoms with Gasteiger partial charge < -0.3 is 20.2 Å². The molecule has 0 spiro atoms. The van der Waals surface area contributed by atoms with Gasteiger partial charge in [0.1, 0.15) is 17.6 Å². The first-order valence-corrected chi connectivity index (χ1v) is 9.72. The Labute approximate surface area is 161 Å². The molecule has 3 heterocycles. The summed E-state index contributed by atoms with van der Waals surface area (Å²) >= 11 is 0. The lowest BCUT2D eigenvalue weighted by Crippen LogP contribution is -2.43. The Morgan fingerprint density at radius 1 is 1.29 bits per heavy atom. The Balaban J connectivity index is 1.55. The van der Waals surface area contributed by atoms with Crippen molar-refractivity contribution in [1.29, 1.82) is 5.26 Å². The van der Waals surface area contributed by atoms with Crippen LogP contribution in [-0.4, -0.2) is 34.0 Å². The van der Waals surface area contributed by atoms with E-state index in [-0.39, 0.29) is 29.7 Å². The highest BCUT2D eigenvalue weighted by Crippen LogP contribution is 2.36. The van der Waals surface area contributed by atoms with Gasteiger partial charge >= 0.3 is 0 Å². The maximum Gasteiger partial charge on any atom is 0.275 e. The van der Waals surface area contributed by atoms with Gasteiger partial charge in [-0.2, -0.15) is 5.26 Å². The van der Waals surface area contributed by atoms with Crippen LogP contribution in [0.5, 0.6) is 0 Å². The van der Waals surface area contributed by atoms with E-state index in [1.165, 1.54) is 4.57 Å². The number of carbonyl (C=O) groups excluding carboxylic acids is 2. The number of aromatic amines is 1. The molecule has 0 radical (unpaired) electrons. The molecule has 3 atom stereocenters. The zero-order chi connectivity index (χ0) is 19.7. The minimum absolute atomic E-state index is 0.0718. The molecule has 2 fully saturated rings. The smallest absolute Gasteiger partial charge is 0.275 e. The van der Waals surface area contributed by atoms with Crippen molar-refractivity contribution in [2.24, 2.45) is 11.8 Å². The normalized spacial score (nSPS) is 21.1. The monoisotopic (exact) mass is 381 g/mol. The summed E-state index contributed by atoms with van der Waals surface area (Å²) in [5.74, 6) is -0.254. The Kier molecular flexibility index (Phi) is 4.90. The number of nitriles is 1. The number of amides is 2. The summed E-state index contributed by atoms with van der Waals surface area (Å²) in [6, 6.07) is 4.29. The molecule has 2 aromatic rings. The molecule has 2 aromatic heterocycles. The third-order valence-corrected chi connectivity index (χ3v) is 5.69. The number of rotatable bonds is 7. The fraction of sp³-hybridized carbons (Fsp3) is 0.500. The van der Waals surface area contributed by atoms with E-state index in [9.17, 15) is 19.6 Å². The third-order valence-electron chi connectivity index (χ3n) is 5.69. The summed E-state index contributed by atoms with van der Waals surface area (Å²) in [5, 5.41) is 15.8. The maximum atomic E-state index is 13.0. The van der Waals surface area contributed by atoms with E-state index >= 15 is 0 Å². The van der Waals surface area contributed by atoms with Crippen LogP contribution in [0.3, 0.4) is 0 Å². The van der Waals surface area contributed by atoms with Crippen molar-refractivity contribution in [3.63, 3.8) is 0 Å². The number of H-pyrrole nitrogens is 1. The van der Waals surface area contributed by atoms with Crippen LogP contribution in [0.1, 0.15) is 38.1 Å². The van der Waals surface area contributed by atoms with Gasteiger partial charge in [0.05, 0.1) is 6.07 Å². The Morgan fingerprint density at radius 3 is 2.79 bits per heavy atom. The van der Waals surface area contributed by atoms with Crippen LogP contribution < -0.4 is 16.2 Å². The van der Waals surface area contributed by atoms with Crippen molar-refractivity contribution < 1.29 is 9.59 Å². The first-order valence-electron chi connectivity index (χ1n) is 9.72. The zero-order valence-electron chi connectivity index (χ0n) is 15.5. The Hall–Kier alpha value is -3.08. The molecule has 3 N–H and O–H groups in total. The van der Waals surface area contributed by atoms with Crippen LogP contribution in [0, 0.1) is 23.2 Å². The largest absolute Gasteiger partial charge is 0.357 e. The van der Waals surface area contributed by atoms with E-state index in [2.05, 4.69) is 21.7 Å². The van der Waals surface area contributed by atoms with Gasteiger partial charge in [0.15, 0.2) is 0 Å². The maximum absolute atomic E-state index is 13.0. The number of aromatic nitrogens is 2. The van der Waals surface area contributed by atoms with E-state index in [0.29, 0.717) is 30.8 Å². The summed E-state index contributed by atoms with van der Waals surface area (Å²) in [6.07, 6.45) is 6.97. The minimum atomic E-state index is -0.757. The standard InChI is InChI=1S/C20H23N5O3/c21-11-15(10-14-4-7-23-18(14)26)24-19(27)16(9-12-1-2-12)25-8-5-13-3-6-22-17(13)20(25)28/h3,5-6,8,12,14-16,22H,1-2,4,7,9-10H2,(H,23,26)(H,24,27)/t14-,15-,16+/m0/s1. The van der Waals surface area contributed by atoms with Gasteiger partial charge in [-0.25, -0.2) is 0 Å². The van der Waals surface area contributed by atoms with Crippen molar-refractivity contribution >= 4 is 22.7 Å². The Bertz CT molecular complexity index is 997. The van der Waals surface area contributed by atoms with Crippen molar-refractivity contribution in [2.45, 2.75) is 44.2 Å². The number of nitrogens with zero attached hydrogens (tertiary/aromatic N) is 2. The van der Waals surface area contributed by atoms with Crippen LogP contribution in [-0.2, 0) is 9.59 Å². The molecule has 8 nitrogen and oxygen atoms in total. The number of fused-ring (bicyclic) bond motifs is 1. The van der Waals surface area contributed by atoms with Crippen molar-refractivity contribution in [3.05, 3.63) is 34.9 Å². The highest BCUT2D eigenvalue weighted by atomic mass is 16.2. The molecule has 1 saturated heterocycles. The van der Waals surface area contributed by atoms with Crippen LogP contribution in [0.25, 0.3) is 10.9 Å². The molecule has 2 amide bonds. The zero-order valence-corrected chi connectivity index (χ0v) is 15.5. The summed E-state index contributed by atoms with van der Waals surface area (Å²) in [6.45, 7) is 0.603. The SMILES string of the molecule is N#C[C@H](C[C@@H]1CCNC1=O)NC(=O)[C@@H](CC1CC1)n1ccc2cc[nH]c2c1=O. The lowest BCUT2D eigenvalue weighted by atomic mass is 9.98. The van der Waals surface area contributed by atoms with Crippen LogP contribution in [0.15, 0.2) is 29.3 Å². The van der Waals surface area contributed by atoms with Crippen molar-refractivity contribution in [1.82, 2.24) is 20.2 Å². The van der Waals surface area contributed by atoms with E-state index in [4.69, 9.17) is 0 Å². The van der Waals surface area contributed by atoms with E-state index in [1.807, 2.05) is 12.1 Å². The molecule has 1 saturated carbocycles. The van der Waals surface area contributed by atoms with Gasteiger partial charge in [0, 0.05) is 30.2 Å². The van der Waals surface area contributed by atoms with E-state index in [0.717, 1.165) is 18.2 Å². The summed E-state index contributed by atoms with van der Waals surface area (Å²) in [7, 11) is 0. The lowest BCUT2D eigenvalue weighted by molar-refractivity contribution is -0.126. The molecule has 0 aromatic carbocycles. The van der Waals surface area contributed by atoms with Gasteiger partial charge in [0.2, 0.25) is 11.8 Å². The van der Waals surface area contributed by atoms with Gasteiger partial charge in [-0.1, -0.05) is 12.8 Å². The molecule has 0 unspecified atom stereocenters. The predicted octanol–water partition coefficient (Wildman–Crippen LogP) is 1.21. The predicted molar refractivity (Wildman–Crippen MR) is 102 cm³/mol. The highest BCUT2D eigenvalue weighted by Gasteiger charge is 2.33. The molecule has 8 heteroatoms. The van der Waals surface area contributed by atoms with E-state index in [1.54, 1.807) is 12.4 Å². The number of carbonyl (C=O) groups is 2. The summed E-state index contributed by atoms with van der Waals surface area (Å²) in [4.78, 5) is 40.6. The number of hydrogen-bond donors (Lipinski definition) is 3. The molecule has 0 bridgehead atoms. The topological polar surface area (TPSA) is 120 Å². The quantitative estimate of drug-likeness (QED) is 0.667. The second kappa shape index (κ2) is 7.50. The number of hydrogen-bond acceptors (Lipinski definition) is 4. The average Bonchev–Trinajstić information content (AvgIpc) is 3.21.